The van der Waals surface area contributed by atoms with Gasteiger partial charge in [0, 0.05) is 26.7 Å². The highest BCUT2D eigenvalue weighted by atomic mass is 79.9. The molecule has 3 rings (SSSR count). The van der Waals surface area contributed by atoms with Gasteiger partial charge in [-0.05, 0) is 42.5 Å². The van der Waals surface area contributed by atoms with Crippen LogP contribution in [0.2, 0.25) is 0 Å². The third-order valence-electron chi connectivity index (χ3n) is 3.48. The molecule has 2 N–H and O–H groups in total. The molecule has 5 nitrogen and oxygen atoms in total. The number of benzene rings is 2. The highest BCUT2D eigenvalue weighted by molar-refractivity contribution is 9.10. The molecule has 1 aliphatic heterocycles. The molecule has 2 amide bonds. The van der Waals surface area contributed by atoms with E-state index in [1.165, 1.54) is 30.0 Å². The molecule has 0 radical (unpaired) electrons. The molecule has 0 fully saturated rings. The normalized spacial score (nSPS) is 13.4. The number of hydrogen-bond donors (Lipinski definition) is 2. The summed E-state index contributed by atoms with van der Waals surface area (Å²) in [5.41, 5.74) is 1.47. The minimum Gasteiger partial charge on any atom is -0.434 e. The van der Waals surface area contributed by atoms with Crippen LogP contribution in [0, 0.1) is 0 Å². The van der Waals surface area contributed by atoms with Crippen LogP contribution < -0.4 is 15.4 Å². The van der Waals surface area contributed by atoms with Gasteiger partial charge in [-0.25, -0.2) is 0 Å². The van der Waals surface area contributed by atoms with Gasteiger partial charge in [-0.15, -0.1) is 11.8 Å². The van der Waals surface area contributed by atoms with E-state index in [-0.39, 0.29) is 11.7 Å². The average molecular weight is 455 g/mol. The van der Waals surface area contributed by atoms with Crippen LogP contribution in [0.1, 0.15) is 5.56 Å². The molecule has 140 valence electrons. The summed E-state index contributed by atoms with van der Waals surface area (Å²) in [5.74, 6) is -0.229. The SMILES string of the molecule is O=C(/C=C/c1cc(Br)ccc1OC(F)F)Nc1ccc2c(c1)NC(=O)CS2. The number of thioether (sulfide) groups is 1. The van der Waals surface area contributed by atoms with E-state index in [9.17, 15) is 18.4 Å². The summed E-state index contributed by atoms with van der Waals surface area (Å²) in [7, 11) is 0. The number of anilines is 2. The van der Waals surface area contributed by atoms with Crippen LogP contribution in [-0.4, -0.2) is 24.2 Å². The zero-order valence-electron chi connectivity index (χ0n) is 13.7. The molecule has 1 aliphatic rings. The van der Waals surface area contributed by atoms with E-state index in [1.807, 2.05) is 6.07 Å². The summed E-state index contributed by atoms with van der Waals surface area (Å²) in [6, 6.07) is 9.70. The minimum atomic E-state index is -2.96. The molecule has 0 aromatic heterocycles. The maximum absolute atomic E-state index is 12.5. The van der Waals surface area contributed by atoms with Gasteiger partial charge >= 0.3 is 6.61 Å². The van der Waals surface area contributed by atoms with Gasteiger partial charge in [-0.2, -0.15) is 8.78 Å². The molecular formula is C18H13BrF2N2O3S. The first-order valence-corrected chi connectivity index (χ1v) is 9.49. The Morgan fingerprint density at radius 2 is 2.11 bits per heavy atom. The molecule has 0 saturated heterocycles. The largest absolute Gasteiger partial charge is 0.434 e. The summed E-state index contributed by atoms with van der Waals surface area (Å²) >= 11 is 4.67. The molecule has 2 aromatic rings. The van der Waals surface area contributed by atoms with Crippen molar-refractivity contribution >= 4 is 57.0 Å². The molecule has 0 unspecified atom stereocenters. The highest BCUT2D eigenvalue weighted by Crippen LogP contribution is 2.33. The standard InChI is InChI=1S/C18H13BrF2N2O3S/c19-11-2-4-14(26-18(20)21)10(7-11)1-6-16(24)22-12-3-5-15-13(8-12)23-17(25)9-27-15/h1-8,18H,9H2,(H,22,24)(H,23,25)/b6-1+. The van der Waals surface area contributed by atoms with Gasteiger partial charge in [0.2, 0.25) is 11.8 Å². The number of halogens is 3. The van der Waals surface area contributed by atoms with Crippen LogP contribution in [0.4, 0.5) is 20.2 Å². The number of hydrogen-bond acceptors (Lipinski definition) is 4. The lowest BCUT2D eigenvalue weighted by Gasteiger charge is -2.17. The Morgan fingerprint density at radius 1 is 1.30 bits per heavy atom. The average Bonchev–Trinajstić information content (AvgIpc) is 2.61. The number of fused-ring (bicyclic) bond motifs is 1. The van der Waals surface area contributed by atoms with E-state index >= 15 is 0 Å². The predicted octanol–water partition coefficient (Wildman–Crippen LogP) is 4.75. The third kappa shape index (κ3) is 5.30. The first kappa shape index (κ1) is 19.4. The molecular weight excluding hydrogens is 442 g/mol. The summed E-state index contributed by atoms with van der Waals surface area (Å²) in [5, 5.41) is 5.41. The van der Waals surface area contributed by atoms with Crippen molar-refractivity contribution in [3.05, 3.63) is 52.5 Å². The molecule has 0 spiro atoms. The van der Waals surface area contributed by atoms with E-state index in [1.54, 1.807) is 24.3 Å². The van der Waals surface area contributed by atoms with Crippen molar-refractivity contribution in [2.45, 2.75) is 11.5 Å². The first-order chi connectivity index (χ1) is 12.9. The van der Waals surface area contributed by atoms with Crippen LogP contribution in [-0.2, 0) is 9.59 Å². The second-order valence-electron chi connectivity index (χ2n) is 5.43. The third-order valence-corrected chi connectivity index (χ3v) is 5.05. The lowest BCUT2D eigenvalue weighted by atomic mass is 10.2. The van der Waals surface area contributed by atoms with E-state index in [0.29, 0.717) is 27.2 Å². The van der Waals surface area contributed by atoms with Crippen molar-refractivity contribution in [2.24, 2.45) is 0 Å². The Bertz CT molecular complexity index is 921. The first-order valence-electron chi connectivity index (χ1n) is 7.71. The van der Waals surface area contributed by atoms with Gasteiger partial charge in [0.25, 0.3) is 0 Å². The van der Waals surface area contributed by atoms with Crippen molar-refractivity contribution in [3.63, 3.8) is 0 Å². The fourth-order valence-corrected chi connectivity index (χ4v) is 3.53. The molecule has 0 saturated carbocycles. The Morgan fingerprint density at radius 3 is 2.89 bits per heavy atom. The second kappa shape index (κ2) is 8.53. The van der Waals surface area contributed by atoms with Crippen LogP contribution in [0.5, 0.6) is 5.75 Å². The highest BCUT2D eigenvalue weighted by Gasteiger charge is 2.15. The topological polar surface area (TPSA) is 67.4 Å². The smallest absolute Gasteiger partial charge is 0.387 e. The lowest BCUT2D eigenvalue weighted by molar-refractivity contribution is -0.114. The zero-order valence-corrected chi connectivity index (χ0v) is 16.1. The summed E-state index contributed by atoms with van der Waals surface area (Å²) in [4.78, 5) is 24.5. The number of rotatable bonds is 5. The monoisotopic (exact) mass is 454 g/mol. The molecule has 1 heterocycles. The summed E-state index contributed by atoms with van der Waals surface area (Å²) in [6.45, 7) is -2.96. The maximum Gasteiger partial charge on any atom is 0.387 e. The molecule has 27 heavy (non-hydrogen) atoms. The molecule has 0 aliphatic carbocycles. The number of carbonyl (C=O) groups is 2. The second-order valence-corrected chi connectivity index (χ2v) is 7.36. The maximum atomic E-state index is 12.5. The van der Waals surface area contributed by atoms with E-state index in [2.05, 4.69) is 31.3 Å². The van der Waals surface area contributed by atoms with Crippen molar-refractivity contribution < 1.29 is 23.1 Å². The van der Waals surface area contributed by atoms with Gasteiger partial charge in [0.05, 0.1) is 11.4 Å². The number of alkyl halides is 2. The lowest BCUT2D eigenvalue weighted by Crippen LogP contribution is -2.19. The Labute approximate surface area is 166 Å². The number of ether oxygens (including phenoxy) is 1. The predicted molar refractivity (Wildman–Crippen MR) is 104 cm³/mol. The van der Waals surface area contributed by atoms with Gasteiger partial charge < -0.3 is 15.4 Å². The molecule has 9 heteroatoms. The van der Waals surface area contributed by atoms with Crippen molar-refractivity contribution in [1.82, 2.24) is 0 Å². The molecule has 2 aromatic carbocycles. The summed E-state index contributed by atoms with van der Waals surface area (Å²) in [6.07, 6.45) is 2.60. The van der Waals surface area contributed by atoms with Gasteiger partial charge in [-0.1, -0.05) is 15.9 Å². The fourth-order valence-electron chi connectivity index (χ4n) is 2.36. The van der Waals surface area contributed by atoms with Gasteiger partial charge in [0.15, 0.2) is 0 Å². The van der Waals surface area contributed by atoms with Crippen LogP contribution in [0.3, 0.4) is 0 Å². The Hall–Kier alpha value is -2.39. The van der Waals surface area contributed by atoms with Crippen molar-refractivity contribution in [1.29, 1.82) is 0 Å². The van der Waals surface area contributed by atoms with Gasteiger partial charge in [0.1, 0.15) is 5.75 Å². The summed E-state index contributed by atoms with van der Waals surface area (Å²) < 4.78 is 30.1. The van der Waals surface area contributed by atoms with Crippen LogP contribution >= 0.6 is 27.7 Å². The molecule has 0 atom stereocenters. The number of nitrogens with one attached hydrogen (secondary N) is 2. The minimum absolute atomic E-state index is 0.0363. The fraction of sp³-hybridized carbons (Fsp3) is 0.111. The van der Waals surface area contributed by atoms with Gasteiger partial charge in [-0.3, -0.25) is 9.59 Å². The van der Waals surface area contributed by atoms with E-state index in [4.69, 9.17) is 0 Å². The van der Waals surface area contributed by atoms with Crippen LogP contribution in [0.25, 0.3) is 6.08 Å². The Balaban J connectivity index is 1.72. The number of amides is 2. The molecule has 0 bridgehead atoms. The van der Waals surface area contributed by atoms with Crippen molar-refractivity contribution in [3.8, 4) is 5.75 Å². The Kier molecular flexibility index (Phi) is 6.12. The van der Waals surface area contributed by atoms with Crippen LogP contribution in [0.15, 0.2) is 51.8 Å². The van der Waals surface area contributed by atoms with E-state index in [0.717, 1.165) is 4.90 Å². The van der Waals surface area contributed by atoms with Crippen molar-refractivity contribution in [2.75, 3.05) is 16.4 Å². The quantitative estimate of drug-likeness (QED) is 0.639. The zero-order chi connectivity index (χ0) is 19.4. The number of carbonyl (C=O) groups excluding carboxylic acids is 2. The van der Waals surface area contributed by atoms with E-state index < -0.39 is 12.5 Å².